The summed E-state index contributed by atoms with van der Waals surface area (Å²) in [5.41, 5.74) is 4.42. The van der Waals surface area contributed by atoms with Crippen LogP contribution in [0.25, 0.3) is 28.1 Å². The number of aromatic nitrogens is 1. The molecule has 0 N–H and O–H groups in total. The predicted molar refractivity (Wildman–Crippen MR) is 113 cm³/mol. The molecule has 2 aromatic carbocycles. The minimum absolute atomic E-state index is 0.177. The molecule has 1 aromatic heterocycles. The first-order chi connectivity index (χ1) is 13.3. The summed E-state index contributed by atoms with van der Waals surface area (Å²) in [4.78, 5) is 12.4. The Labute approximate surface area is 165 Å². The summed E-state index contributed by atoms with van der Waals surface area (Å²) in [5, 5.41) is 1.07. The number of hydrogen-bond acceptors (Lipinski definition) is 2. The Kier molecular flexibility index (Phi) is 5.68. The highest BCUT2D eigenvalue weighted by atomic mass is 19.1. The summed E-state index contributed by atoms with van der Waals surface area (Å²) in [6, 6.07) is 14.8. The molecule has 1 heterocycles. The van der Waals surface area contributed by atoms with E-state index in [1.54, 1.807) is 19.1 Å². The highest BCUT2D eigenvalue weighted by Crippen LogP contribution is 2.38. The fourth-order valence-corrected chi connectivity index (χ4v) is 3.47. The summed E-state index contributed by atoms with van der Waals surface area (Å²) in [6.45, 7) is 9.65. The molecule has 0 aliphatic heterocycles. The van der Waals surface area contributed by atoms with E-state index in [0.717, 1.165) is 27.7 Å². The van der Waals surface area contributed by atoms with Crippen molar-refractivity contribution in [2.24, 2.45) is 0 Å². The Morgan fingerprint density at radius 2 is 1.68 bits per heavy atom. The number of ether oxygens (including phenoxy) is 1. The Balaban J connectivity index is 2.30. The van der Waals surface area contributed by atoms with Gasteiger partial charge in [-0.3, -0.25) is 0 Å². The van der Waals surface area contributed by atoms with Gasteiger partial charge in [0, 0.05) is 28.1 Å². The number of rotatable bonds is 5. The van der Waals surface area contributed by atoms with Crippen LogP contribution in [0.5, 0.6) is 0 Å². The van der Waals surface area contributed by atoms with Crippen LogP contribution in [0.1, 0.15) is 46.4 Å². The standard InChI is InChI=1S/C24H26FNO2/c1-15(2)26-21-9-7-6-8-20(21)23(18-10-12-19(25)13-11-18)22(26)14-17(5)24(27)28-16(3)4/h6-16H,1-5H3. The van der Waals surface area contributed by atoms with Gasteiger partial charge in [-0.05, 0) is 64.5 Å². The van der Waals surface area contributed by atoms with Crippen LogP contribution in [0.2, 0.25) is 0 Å². The number of fused-ring (bicyclic) bond motifs is 1. The molecule has 0 atom stereocenters. The molecule has 0 fully saturated rings. The third kappa shape index (κ3) is 3.86. The second-order valence-corrected chi connectivity index (χ2v) is 7.53. The molecular weight excluding hydrogens is 353 g/mol. The van der Waals surface area contributed by atoms with Gasteiger partial charge in [0.1, 0.15) is 5.82 Å². The van der Waals surface area contributed by atoms with Crippen LogP contribution in [0.3, 0.4) is 0 Å². The first-order valence-corrected chi connectivity index (χ1v) is 9.57. The number of esters is 1. The van der Waals surface area contributed by atoms with Crippen LogP contribution in [0, 0.1) is 5.82 Å². The molecule has 0 amide bonds. The van der Waals surface area contributed by atoms with Crippen LogP contribution in [-0.4, -0.2) is 16.6 Å². The van der Waals surface area contributed by atoms with Crippen molar-refractivity contribution in [2.75, 3.05) is 0 Å². The van der Waals surface area contributed by atoms with Crippen LogP contribution in [0.4, 0.5) is 4.39 Å². The third-order valence-electron chi connectivity index (χ3n) is 4.62. The highest BCUT2D eigenvalue weighted by molar-refractivity contribution is 6.03. The van der Waals surface area contributed by atoms with Crippen LogP contribution in [-0.2, 0) is 9.53 Å². The molecule has 3 aromatic rings. The maximum Gasteiger partial charge on any atom is 0.334 e. The average Bonchev–Trinajstić information content (AvgIpc) is 2.95. The molecule has 0 unspecified atom stereocenters. The lowest BCUT2D eigenvalue weighted by Crippen LogP contribution is -2.12. The zero-order valence-corrected chi connectivity index (χ0v) is 17.0. The lowest BCUT2D eigenvalue weighted by molar-refractivity contribution is -0.142. The number of halogens is 1. The van der Waals surface area contributed by atoms with Crippen LogP contribution in [0.15, 0.2) is 54.1 Å². The number of hydrogen-bond donors (Lipinski definition) is 0. The van der Waals surface area contributed by atoms with Crippen molar-refractivity contribution in [2.45, 2.75) is 46.8 Å². The molecule has 4 heteroatoms. The quantitative estimate of drug-likeness (QED) is 0.380. The summed E-state index contributed by atoms with van der Waals surface area (Å²) in [6.07, 6.45) is 1.70. The molecule has 0 spiro atoms. The molecule has 0 saturated carbocycles. The molecule has 3 rings (SSSR count). The second kappa shape index (κ2) is 8.01. The largest absolute Gasteiger partial charge is 0.460 e. The second-order valence-electron chi connectivity index (χ2n) is 7.53. The van der Waals surface area contributed by atoms with E-state index in [2.05, 4.69) is 30.5 Å². The van der Waals surface area contributed by atoms with Crippen molar-refractivity contribution in [3.8, 4) is 11.1 Å². The van der Waals surface area contributed by atoms with Gasteiger partial charge in [0.2, 0.25) is 0 Å². The average molecular weight is 379 g/mol. The Hall–Kier alpha value is -2.88. The van der Waals surface area contributed by atoms with Crippen molar-refractivity contribution in [1.29, 1.82) is 0 Å². The molecule has 28 heavy (non-hydrogen) atoms. The molecule has 0 aliphatic carbocycles. The SMILES string of the molecule is CC(=Cc1c(-c2ccc(F)cc2)c2ccccc2n1C(C)C)C(=O)OC(C)C. The van der Waals surface area contributed by atoms with Gasteiger partial charge in [-0.2, -0.15) is 0 Å². The van der Waals surface area contributed by atoms with Crippen LogP contribution < -0.4 is 0 Å². The monoisotopic (exact) mass is 379 g/mol. The van der Waals surface area contributed by atoms with Crippen molar-refractivity contribution >= 4 is 22.9 Å². The van der Waals surface area contributed by atoms with Gasteiger partial charge in [0.25, 0.3) is 0 Å². The van der Waals surface area contributed by atoms with E-state index in [1.807, 2.05) is 32.1 Å². The summed E-state index contributed by atoms with van der Waals surface area (Å²) in [7, 11) is 0. The normalized spacial score (nSPS) is 12.2. The van der Waals surface area contributed by atoms with Crippen molar-refractivity contribution in [3.05, 3.63) is 65.6 Å². The summed E-state index contributed by atoms with van der Waals surface area (Å²) < 4.78 is 21.1. The van der Waals surface area contributed by atoms with E-state index >= 15 is 0 Å². The van der Waals surface area contributed by atoms with Crippen LogP contribution >= 0.6 is 0 Å². The van der Waals surface area contributed by atoms with Gasteiger partial charge >= 0.3 is 5.97 Å². The van der Waals surface area contributed by atoms with E-state index in [0.29, 0.717) is 5.57 Å². The van der Waals surface area contributed by atoms with Crippen molar-refractivity contribution < 1.29 is 13.9 Å². The number of benzene rings is 2. The Morgan fingerprint density at radius 3 is 2.29 bits per heavy atom. The van der Waals surface area contributed by atoms with Gasteiger partial charge in [-0.25, -0.2) is 9.18 Å². The zero-order valence-electron chi connectivity index (χ0n) is 17.0. The first-order valence-electron chi connectivity index (χ1n) is 9.57. The molecule has 0 aliphatic rings. The maximum absolute atomic E-state index is 13.5. The van der Waals surface area contributed by atoms with E-state index in [1.165, 1.54) is 12.1 Å². The molecule has 146 valence electrons. The Bertz CT molecular complexity index is 1030. The molecule has 0 radical (unpaired) electrons. The van der Waals surface area contributed by atoms with Gasteiger partial charge in [0.05, 0.1) is 11.8 Å². The summed E-state index contributed by atoms with van der Waals surface area (Å²) in [5.74, 6) is -0.606. The van der Waals surface area contributed by atoms with Gasteiger partial charge in [0.15, 0.2) is 0 Å². The first kappa shape index (κ1) is 19.9. The summed E-state index contributed by atoms with van der Waals surface area (Å²) >= 11 is 0. The highest BCUT2D eigenvalue weighted by Gasteiger charge is 2.20. The maximum atomic E-state index is 13.5. The molecule has 3 nitrogen and oxygen atoms in total. The van der Waals surface area contributed by atoms with E-state index < -0.39 is 0 Å². The minimum atomic E-state index is -0.333. The van der Waals surface area contributed by atoms with Crippen molar-refractivity contribution in [3.63, 3.8) is 0 Å². The molecule has 0 bridgehead atoms. The zero-order chi connectivity index (χ0) is 20.4. The van der Waals surface area contributed by atoms with E-state index in [-0.39, 0.29) is 23.9 Å². The topological polar surface area (TPSA) is 31.2 Å². The number of nitrogens with zero attached hydrogens (tertiary/aromatic N) is 1. The van der Waals surface area contributed by atoms with Gasteiger partial charge in [-0.15, -0.1) is 0 Å². The van der Waals surface area contributed by atoms with E-state index in [4.69, 9.17) is 4.74 Å². The van der Waals surface area contributed by atoms with Gasteiger partial charge in [-0.1, -0.05) is 30.3 Å². The smallest absolute Gasteiger partial charge is 0.334 e. The number of carbonyl (C=O) groups excluding carboxylic acids is 1. The predicted octanol–water partition coefficient (Wildman–Crippen LogP) is 6.38. The Morgan fingerprint density at radius 1 is 1.04 bits per heavy atom. The lowest BCUT2D eigenvalue weighted by Gasteiger charge is -2.15. The fourth-order valence-electron chi connectivity index (χ4n) is 3.47. The molecule has 0 saturated heterocycles. The van der Waals surface area contributed by atoms with Gasteiger partial charge < -0.3 is 9.30 Å². The number of carbonyl (C=O) groups is 1. The van der Waals surface area contributed by atoms with Crippen molar-refractivity contribution in [1.82, 2.24) is 4.57 Å². The fraction of sp³-hybridized carbons (Fsp3) is 0.292. The van der Waals surface area contributed by atoms with E-state index in [9.17, 15) is 9.18 Å². The molecular formula is C24H26FNO2. The lowest BCUT2D eigenvalue weighted by atomic mass is 10.0. The minimum Gasteiger partial charge on any atom is -0.460 e. The third-order valence-corrected chi connectivity index (χ3v) is 4.62. The number of para-hydroxylation sites is 1.